The van der Waals surface area contributed by atoms with E-state index in [0.717, 1.165) is 16.8 Å². The fourth-order valence-corrected chi connectivity index (χ4v) is 4.41. The summed E-state index contributed by atoms with van der Waals surface area (Å²) < 4.78 is -1.03. The second-order valence-corrected chi connectivity index (χ2v) is 8.66. The summed E-state index contributed by atoms with van der Waals surface area (Å²) in [6, 6.07) is 6.90. The molecule has 4 rings (SSSR count). The molecule has 0 fully saturated rings. The van der Waals surface area contributed by atoms with Gasteiger partial charge < -0.3 is 20.6 Å². The lowest BCUT2D eigenvalue weighted by Gasteiger charge is -2.35. The van der Waals surface area contributed by atoms with Crippen molar-refractivity contribution in [2.24, 2.45) is 4.99 Å². The number of aliphatic imine (C=N–C) groups is 1. The average molecular weight is 476 g/mol. The number of fused-ring (bicyclic) bond motifs is 3. The van der Waals surface area contributed by atoms with Crippen LogP contribution in [0.15, 0.2) is 34.1 Å². The Hall–Kier alpha value is -2.46. The molecule has 168 valence electrons. The highest BCUT2D eigenvalue weighted by Gasteiger charge is 2.39. The number of aromatic nitrogens is 1. The molecule has 1 aromatic heterocycles. The summed E-state index contributed by atoms with van der Waals surface area (Å²) in [5.41, 5.74) is 3.04. The number of hydrogen-bond acceptors (Lipinski definition) is 6. The van der Waals surface area contributed by atoms with Gasteiger partial charge in [0.25, 0.3) is 5.56 Å². The standard InChI is InChI=1S/C22H23Cl2N5O3/c1-11-12(2)26-21(31)17-14(11)9-13(10-25-7-8-30)18-20(17)29(3,32)22(27-18)28-19-15(23)5-4-6-16(19)24/h4-6,9,25,30H,7-8,10H2,1-3H3,(H,26,31)(H,27,28). The van der Waals surface area contributed by atoms with E-state index in [9.17, 15) is 10.0 Å². The Bertz CT molecular complexity index is 1300. The van der Waals surface area contributed by atoms with Crippen molar-refractivity contribution in [3.63, 3.8) is 0 Å². The number of anilines is 1. The number of aromatic amines is 1. The molecular weight excluding hydrogens is 453 g/mol. The molecule has 1 unspecified atom stereocenters. The number of nitrogens with zero attached hydrogens (tertiary/aromatic N) is 2. The number of H-pyrrole nitrogens is 1. The van der Waals surface area contributed by atoms with Gasteiger partial charge in [-0.1, -0.05) is 29.3 Å². The Kier molecular flexibility index (Phi) is 6.02. The van der Waals surface area contributed by atoms with Crippen LogP contribution in [-0.4, -0.2) is 36.2 Å². The first kappa shape index (κ1) is 22.7. The van der Waals surface area contributed by atoms with E-state index in [0.29, 0.717) is 45.3 Å². The number of aliphatic hydroxyl groups excluding tert-OH is 1. The average Bonchev–Trinajstić information content (AvgIpc) is 2.99. The molecule has 0 saturated heterocycles. The Morgan fingerprint density at radius 2 is 1.94 bits per heavy atom. The lowest BCUT2D eigenvalue weighted by Crippen LogP contribution is -2.47. The van der Waals surface area contributed by atoms with Crippen LogP contribution < -0.4 is 20.8 Å². The van der Waals surface area contributed by atoms with E-state index in [-0.39, 0.29) is 23.8 Å². The molecule has 10 heteroatoms. The molecule has 2 aromatic carbocycles. The maximum absolute atomic E-state index is 14.0. The van der Waals surface area contributed by atoms with Crippen LogP contribution in [-0.2, 0) is 6.54 Å². The zero-order valence-corrected chi connectivity index (χ0v) is 19.4. The third kappa shape index (κ3) is 3.69. The van der Waals surface area contributed by atoms with Gasteiger partial charge >= 0.3 is 5.96 Å². The molecule has 4 N–H and O–H groups in total. The van der Waals surface area contributed by atoms with Crippen molar-refractivity contribution in [3.05, 3.63) is 66.7 Å². The monoisotopic (exact) mass is 475 g/mol. The lowest BCUT2D eigenvalue weighted by molar-refractivity contribution is 0.292. The van der Waals surface area contributed by atoms with Gasteiger partial charge in [-0.2, -0.15) is 4.99 Å². The first-order valence-corrected chi connectivity index (χ1v) is 10.8. The maximum Gasteiger partial charge on any atom is 0.312 e. The molecular formula is C22H23Cl2N5O3. The van der Waals surface area contributed by atoms with Gasteiger partial charge in [0.2, 0.25) is 0 Å². The molecule has 1 aliphatic rings. The molecule has 0 aliphatic carbocycles. The lowest BCUT2D eigenvalue weighted by atomic mass is 9.99. The van der Waals surface area contributed by atoms with E-state index in [1.165, 1.54) is 7.05 Å². The summed E-state index contributed by atoms with van der Waals surface area (Å²) in [7, 11) is 1.42. The number of para-hydroxylation sites is 1. The topological polar surface area (TPSA) is 113 Å². The second-order valence-electron chi connectivity index (χ2n) is 7.84. The van der Waals surface area contributed by atoms with E-state index in [1.54, 1.807) is 18.2 Å². The number of benzene rings is 2. The van der Waals surface area contributed by atoms with E-state index in [2.05, 4.69) is 20.6 Å². The van der Waals surface area contributed by atoms with Crippen LogP contribution in [0.5, 0.6) is 0 Å². The normalized spacial score (nSPS) is 17.5. The van der Waals surface area contributed by atoms with Gasteiger partial charge in [0.15, 0.2) is 5.69 Å². The molecule has 0 spiro atoms. The number of pyridine rings is 1. The SMILES string of the molecule is Cc1[nH]c(=O)c2c3c(c(CNCCO)cc2c1C)N=C(Nc1c(Cl)cccc1Cl)[N+]3(C)[O-]. The fourth-order valence-electron chi connectivity index (χ4n) is 3.91. The molecule has 8 nitrogen and oxygen atoms in total. The number of hydroxylamine groups is 2. The van der Waals surface area contributed by atoms with Gasteiger partial charge in [-0.05, 0) is 48.6 Å². The Balaban J connectivity index is 1.95. The maximum atomic E-state index is 14.0. The molecule has 0 radical (unpaired) electrons. The first-order valence-electron chi connectivity index (χ1n) is 10.1. The molecule has 1 aliphatic heterocycles. The summed E-state index contributed by atoms with van der Waals surface area (Å²) in [4.78, 5) is 20.4. The van der Waals surface area contributed by atoms with Gasteiger partial charge in [-0.15, -0.1) is 0 Å². The minimum Gasteiger partial charge on any atom is -0.620 e. The van der Waals surface area contributed by atoms with Crippen LogP contribution in [0, 0.1) is 19.1 Å². The number of aryl methyl sites for hydroxylation is 2. The second kappa shape index (κ2) is 8.47. The molecule has 0 amide bonds. The molecule has 0 bridgehead atoms. The minimum atomic E-state index is -1.03. The third-order valence-corrected chi connectivity index (χ3v) is 6.33. The fraction of sp³-hybridized carbons (Fsp3) is 0.273. The van der Waals surface area contributed by atoms with Crippen molar-refractivity contribution in [2.45, 2.75) is 20.4 Å². The predicted molar refractivity (Wildman–Crippen MR) is 131 cm³/mol. The first-order chi connectivity index (χ1) is 15.2. The van der Waals surface area contributed by atoms with Crippen LogP contribution >= 0.6 is 23.2 Å². The number of nitrogens with one attached hydrogen (secondary N) is 3. The molecule has 0 saturated carbocycles. The summed E-state index contributed by atoms with van der Waals surface area (Å²) in [6.07, 6.45) is 0. The zero-order chi connectivity index (χ0) is 23.2. The number of aliphatic hydroxyl groups is 1. The van der Waals surface area contributed by atoms with E-state index in [4.69, 9.17) is 28.3 Å². The van der Waals surface area contributed by atoms with Crippen LogP contribution in [0.2, 0.25) is 10.0 Å². The number of quaternary nitrogens is 1. The number of hydrogen-bond donors (Lipinski definition) is 4. The van der Waals surface area contributed by atoms with Gasteiger partial charge in [0.1, 0.15) is 11.1 Å². The number of rotatable bonds is 5. The Morgan fingerprint density at radius 3 is 2.59 bits per heavy atom. The summed E-state index contributed by atoms with van der Waals surface area (Å²) in [6.45, 7) is 4.45. The van der Waals surface area contributed by atoms with Crippen molar-refractivity contribution < 1.29 is 5.11 Å². The van der Waals surface area contributed by atoms with E-state index < -0.39 is 4.65 Å². The van der Waals surface area contributed by atoms with Crippen LogP contribution in [0.4, 0.5) is 17.1 Å². The van der Waals surface area contributed by atoms with E-state index >= 15 is 0 Å². The minimum absolute atomic E-state index is 0.0238. The highest BCUT2D eigenvalue weighted by molar-refractivity contribution is 6.40. The molecule has 2 heterocycles. The highest BCUT2D eigenvalue weighted by atomic mass is 35.5. The highest BCUT2D eigenvalue weighted by Crippen LogP contribution is 2.47. The Morgan fingerprint density at radius 1 is 1.25 bits per heavy atom. The summed E-state index contributed by atoms with van der Waals surface area (Å²) in [5.74, 6) is 0.0449. The number of guanidine groups is 1. The number of halogens is 2. The van der Waals surface area contributed by atoms with Crippen molar-refractivity contribution in [3.8, 4) is 0 Å². The largest absolute Gasteiger partial charge is 0.620 e. The summed E-state index contributed by atoms with van der Waals surface area (Å²) in [5, 5.41) is 30.9. The molecule has 1 atom stereocenters. The van der Waals surface area contributed by atoms with Gasteiger partial charge in [0.05, 0.1) is 29.4 Å². The molecule has 3 aromatic rings. The van der Waals surface area contributed by atoms with Crippen LogP contribution in [0.25, 0.3) is 10.8 Å². The van der Waals surface area contributed by atoms with Crippen LogP contribution in [0.1, 0.15) is 16.8 Å². The van der Waals surface area contributed by atoms with Crippen LogP contribution in [0.3, 0.4) is 0 Å². The Labute approximate surface area is 194 Å². The van der Waals surface area contributed by atoms with Gasteiger partial charge in [-0.25, -0.2) is 0 Å². The smallest absolute Gasteiger partial charge is 0.312 e. The van der Waals surface area contributed by atoms with Crippen molar-refractivity contribution in [2.75, 3.05) is 25.5 Å². The van der Waals surface area contributed by atoms with E-state index in [1.807, 2.05) is 19.9 Å². The quantitative estimate of drug-likeness (QED) is 0.252. The van der Waals surface area contributed by atoms with Crippen molar-refractivity contribution in [1.29, 1.82) is 0 Å². The van der Waals surface area contributed by atoms with Gasteiger partial charge in [-0.3, -0.25) is 14.8 Å². The zero-order valence-electron chi connectivity index (χ0n) is 17.8. The summed E-state index contributed by atoms with van der Waals surface area (Å²) >= 11 is 12.6. The van der Waals surface area contributed by atoms with Crippen molar-refractivity contribution in [1.82, 2.24) is 14.9 Å². The predicted octanol–water partition coefficient (Wildman–Crippen LogP) is 4.08. The van der Waals surface area contributed by atoms with Crippen molar-refractivity contribution >= 4 is 57.0 Å². The van der Waals surface area contributed by atoms with Gasteiger partial charge in [0, 0.05) is 18.8 Å². The third-order valence-electron chi connectivity index (χ3n) is 5.70. The molecule has 32 heavy (non-hydrogen) atoms.